The number of thiazole rings is 1. The predicted octanol–water partition coefficient (Wildman–Crippen LogP) is 2.82. The fourth-order valence-corrected chi connectivity index (χ4v) is 4.34. The Morgan fingerprint density at radius 1 is 1.32 bits per heavy atom. The Bertz CT molecular complexity index is 466. The summed E-state index contributed by atoms with van der Waals surface area (Å²) in [6.07, 6.45) is 6.98. The molecule has 1 amide bonds. The first-order valence-corrected chi connectivity index (χ1v) is 8.49. The second-order valence-electron chi connectivity index (χ2n) is 5.92. The van der Waals surface area contributed by atoms with Crippen molar-refractivity contribution in [2.24, 2.45) is 5.92 Å². The lowest BCUT2D eigenvalue weighted by molar-refractivity contribution is -0.135. The number of amides is 1. The molecule has 2 aliphatic rings. The van der Waals surface area contributed by atoms with Crippen LogP contribution in [0, 0.1) is 5.92 Å². The summed E-state index contributed by atoms with van der Waals surface area (Å²) in [5.74, 6) is 0.425. The van der Waals surface area contributed by atoms with Gasteiger partial charge in [0.2, 0.25) is 5.91 Å². The summed E-state index contributed by atoms with van der Waals surface area (Å²) in [6.45, 7) is 2.55. The van der Waals surface area contributed by atoms with Crippen molar-refractivity contribution in [2.45, 2.75) is 45.1 Å². The lowest BCUT2D eigenvalue weighted by Crippen LogP contribution is -2.41. The van der Waals surface area contributed by atoms with Gasteiger partial charge in [0.05, 0.1) is 18.2 Å². The van der Waals surface area contributed by atoms with Crippen molar-refractivity contribution in [3.8, 4) is 0 Å². The van der Waals surface area contributed by atoms with Gasteiger partial charge in [0.15, 0.2) is 0 Å². The molecule has 0 radical (unpaired) electrons. The molecule has 0 aromatic carbocycles. The Labute approximate surface area is 148 Å². The monoisotopic (exact) mass is 365 g/mol. The highest BCUT2D eigenvalue weighted by Gasteiger charge is 2.25. The van der Waals surface area contributed by atoms with E-state index in [9.17, 15) is 4.79 Å². The average Bonchev–Trinajstić information content (AvgIpc) is 2.89. The lowest BCUT2D eigenvalue weighted by Gasteiger charge is -2.26. The molecule has 1 aromatic heterocycles. The van der Waals surface area contributed by atoms with E-state index in [1.807, 2.05) is 23.3 Å². The number of piperidine rings is 1. The van der Waals surface area contributed by atoms with Crippen LogP contribution in [0.5, 0.6) is 0 Å². The van der Waals surface area contributed by atoms with Crippen LogP contribution in [-0.2, 0) is 24.2 Å². The van der Waals surface area contributed by atoms with E-state index in [2.05, 4.69) is 5.32 Å². The summed E-state index contributed by atoms with van der Waals surface area (Å²) in [5, 5.41) is 4.42. The Morgan fingerprint density at radius 3 is 2.77 bits per heavy atom. The van der Waals surface area contributed by atoms with Crippen LogP contribution in [0.3, 0.4) is 0 Å². The van der Waals surface area contributed by atoms with E-state index in [0.29, 0.717) is 6.54 Å². The number of nitrogens with zero attached hydrogens (tertiary/aromatic N) is 2. The van der Waals surface area contributed by atoms with Gasteiger partial charge >= 0.3 is 0 Å². The molecule has 1 N–H and O–H groups in total. The minimum atomic E-state index is 0. The van der Waals surface area contributed by atoms with E-state index in [1.165, 1.54) is 29.8 Å². The maximum atomic E-state index is 12.4. The Kier molecular flexibility index (Phi) is 8.11. The van der Waals surface area contributed by atoms with Gasteiger partial charge in [0.25, 0.3) is 0 Å². The number of aryl methyl sites for hydroxylation is 2. The van der Waals surface area contributed by atoms with Gasteiger partial charge in [-0.05, 0) is 45.1 Å². The molecule has 1 fully saturated rings. The standard InChI is InChI=1S/C15H23N3OS.2ClH/c1-18(15(19)11-5-4-8-16-9-11)10-14-17-12-6-2-3-7-13(12)20-14;;/h11,16H,2-10H2,1H3;2*1H. The summed E-state index contributed by atoms with van der Waals surface area (Å²) in [4.78, 5) is 20.4. The minimum Gasteiger partial charge on any atom is -0.339 e. The van der Waals surface area contributed by atoms with Crippen LogP contribution in [0.25, 0.3) is 0 Å². The number of hydrogen-bond acceptors (Lipinski definition) is 4. The SMILES string of the molecule is CN(Cc1nc2c(s1)CCCC2)C(=O)C1CCCNC1.Cl.Cl. The smallest absolute Gasteiger partial charge is 0.227 e. The van der Waals surface area contributed by atoms with E-state index in [4.69, 9.17) is 4.98 Å². The zero-order chi connectivity index (χ0) is 13.9. The van der Waals surface area contributed by atoms with E-state index in [0.717, 1.165) is 37.4 Å². The van der Waals surface area contributed by atoms with E-state index in [1.54, 1.807) is 0 Å². The summed E-state index contributed by atoms with van der Waals surface area (Å²) >= 11 is 1.81. The van der Waals surface area contributed by atoms with E-state index < -0.39 is 0 Å². The number of carbonyl (C=O) groups is 1. The number of carbonyl (C=O) groups excluding carboxylic acids is 1. The van der Waals surface area contributed by atoms with Crippen LogP contribution in [-0.4, -0.2) is 35.9 Å². The molecule has 2 heterocycles. The molecule has 0 spiro atoms. The highest BCUT2D eigenvalue weighted by atomic mass is 35.5. The Morgan fingerprint density at radius 2 is 2.09 bits per heavy atom. The van der Waals surface area contributed by atoms with Gasteiger partial charge in [-0.15, -0.1) is 36.2 Å². The summed E-state index contributed by atoms with van der Waals surface area (Å²) in [6, 6.07) is 0. The van der Waals surface area contributed by atoms with Crippen molar-refractivity contribution in [2.75, 3.05) is 20.1 Å². The normalized spacial score (nSPS) is 20.3. The molecular weight excluding hydrogens is 341 g/mol. The molecule has 4 nitrogen and oxygen atoms in total. The van der Waals surface area contributed by atoms with Gasteiger partial charge in [-0.25, -0.2) is 4.98 Å². The molecule has 1 unspecified atom stereocenters. The molecule has 0 bridgehead atoms. The largest absolute Gasteiger partial charge is 0.339 e. The maximum Gasteiger partial charge on any atom is 0.227 e. The molecule has 0 saturated carbocycles. The molecular formula is C15H25Cl2N3OS. The predicted molar refractivity (Wildman–Crippen MR) is 95.3 cm³/mol. The number of aromatic nitrogens is 1. The first kappa shape index (κ1) is 19.7. The van der Waals surface area contributed by atoms with Crippen molar-refractivity contribution in [1.82, 2.24) is 15.2 Å². The summed E-state index contributed by atoms with van der Waals surface area (Å²) in [7, 11) is 1.91. The Hall–Kier alpha value is -0.360. The van der Waals surface area contributed by atoms with Gasteiger partial charge < -0.3 is 10.2 Å². The third-order valence-electron chi connectivity index (χ3n) is 4.28. The van der Waals surface area contributed by atoms with Crippen LogP contribution in [0.1, 0.15) is 41.3 Å². The van der Waals surface area contributed by atoms with Gasteiger partial charge in [-0.1, -0.05) is 0 Å². The zero-order valence-corrected chi connectivity index (χ0v) is 15.4. The van der Waals surface area contributed by atoms with Gasteiger partial charge in [0.1, 0.15) is 5.01 Å². The number of nitrogens with one attached hydrogen (secondary N) is 1. The van der Waals surface area contributed by atoms with E-state index >= 15 is 0 Å². The van der Waals surface area contributed by atoms with Crippen LogP contribution in [0.4, 0.5) is 0 Å². The maximum absolute atomic E-state index is 12.4. The van der Waals surface area contributed by atoms with Crippen LogP contribution in [0.15, 0.2) is 0 Å². The average molecular weight is 366 g/mol. The number of hydrogen-bond donors (Lipinski definition) is 1. The molecule has 1 aliphatic carbocycles. The second-order valence-corrected chi connectivity index (χ2v) is 7.09. The molecule has 1 atom stereocenters. The minimum absolute atomic E-state index is 0. The van der Waals surface area contributed by atoms with Crippen molar-refractivity contribution < 1.29 is 4.79 Å². The van der Waals surface area contributed by atoms with Crippen molar-refractivity contribution in [3.63, 3.8) is 0 Å². The molecule has 126 valence electrons. The third kappa shape index (κ3) is 4.57. The summed E-state index contributed by atoms with van der Waals surface area (Å²) < 4.78 is 0. The molecule has 1 aromatic rings. The van der Waals surface area contributed by atoms with Crippen molar-refractivity contribution in [1.29, 1.82) is 0 Å². The summed E-state index contributed by atoms with van der Waals surface area (Å²) in [5.41, 5.74) is 1.29. The fourth-order valence-electron chi connectivity index (χ4n) is 3.13. The van der Waals surface area contributed by atoms with Gasteiger partial charge in [0, 0.05) is 18.5 Å². The van der Waals surface area contributed by atoms with Crippen molar-refractivity contribution >= 4 is 42.1 Å². The molecule has 22 heavy (non-hydrogen) atoms. The molecule has 1 saturated heterocycles. The van der Waals surface area contributed by atoms with Crippen LogP contribution < -0.4 is 5.32 Å². The first-order valence-electron chi connectivity index (χ1n) is 7.67. The fraction of sp³-hybridized carbons (Fsp3) is 0.733. The highest BCUT2D eigenvalue weighted by molar-refractivity contribution is 7.11. The first-order chi connectivity index (χ1) is 9.74. The second kappa shape index (κ2) is 9.06. The molecule has 1 aliphatic heterocycles. The van der Waals surface area contributed by atoms with Gasteiger partial charge in [-0.3, -0.25) is 4.79 Å². The topological polar surface area (TPSA) is 45.2 Å². The number of rotatable bonds is 3. The van der Waals surface area contributed by atoms with E-state index in [-0.39, 0.29) is 36.6 Å². The van der Waals surface area contributed by atoms with Crippen molar-refractivity contribution in [3.05, 3.63) is 15.6 Å². The Balaban J connectivity index is 0.00000121. The quantitative estimate of drug-likeness (QED) is 0.895. The van der Waals surface area contributed by atoms with Crippen LogP contribution >= 0.6 is 36.2 Å². The molecule has 3 rings (SSSR count). The number of halogens is 2. The number of fused-ring (bicyclic) bond motifs is 1. The van der Waals surface area contributed by atoms with Gasteiger partial charge in [-0.2, -0.15) is 0 Å². The highest BCUT2D eigenvalue weighted by Crippen LogP contribution is 2.27. The lowest BCUT2D eigenvalue weighted by atomic mass is 9.98. The molecule has 7 heteroatoms. The third-order valence-corrected chi connectivity index (χ3v) is 5.43. The zero-order valence-electron chi connectivity index (χ0n) is 13.0. The van der Waals surface area contributed by atoms with Crippen LogP contribution in [0.2, 0.25) is 0 Å².